The Morgan fingerprint density at radius 3 is 2.82 bits per heavy atom. The van der Waals surface area contributed by atoms with Gasteiger partial charge in [0.2, 0.25) is 5.91 Å². The molecule has 0 aromatic heterocycles. The number of aryl methyl sites for hydroxylation is 1. The zero-order valence-corrected chi connectivity index (χ0v) is 10.0. The van der Waals surface area contributed by atoms with Crippen molar-refractivity contribution in [1.82, 2.24) is 4.90 Å². The lowest BCUT2D eigenvalue weighted by Crippen LogP contribution is -2.37. The van der Waals surface area contributed by atoms with E-state index in [1.165, 1.54) is 5.56 Å². The number of hydrogen-bond donors (Lipinski definition) is 1. The molecule has 0 radical (unpaired) electrons. The van der Waals surface area contributed by atoms with E-state index in [1.807, 2.05) is 35.2 Å². The zero-order valence-electron chi connectivity index (χ0n) is 10.0. The molecule has 2 rings (SSSR count). The second kappa shape index (κ2) is 5.82. The van der Waals surface area contributed by atoms with Gasteiger partial charge >= 0.3 is 0 Å². The van der Waals surface area contributed by atoms with E-state index in [2.05, 4.69) is 0 Å². The predicted octanol–water partition coefficient (Wildman–Crippen LogP) is 1.60. The number of likely N-dealkylation sites (tertiary alicyclic amines) is 1. The summed E-state index contributed by atoms with van der Waals surface area (Å²) >= 11 is 0. The fourth-order valence-electron chi connectivity index (χ4n) is 2.39. The van der Waals surface area contributed by atoms with Crippen LogP contribution in [0.4, 0.5) is 0 Å². The third-order valence-corrected chi connectivity index (χ3v) is 3.38. The van der Waals surface area contributed by atoms with Crippen molar-refractivity contribution in [3.8, 4) is 0 Å². The van der Waals surface area contributed by atoms with E-state index in [-0.39, 0.29) is 18.6 Å². The molecule has 1 aliphatic heterocycles. The van der Waals surface area contributed by atoms with Crippen LogP contribution in [-0.4, -0.2) is 35.1 Å². The van der Waals surface area contributed by atoms with Crippen LogP contribution in [0, 0.1) is 0 Å². The summed E-state index contributed by atoms with van der Waals surface area (Å²) in [7, 11) is 0. The van der Waals surface area contributed by atoms with Gasteiger partial charge in [0.05, 0.1) is 12.6 Å². The van der Waals surface area contributed by atoms with Crippen molar-refractivity contribution in [2.24, 2.45) is 0 Å². The van der Waals surface area contributed by atoms with Gasteiger partial charge in [-0.3, -0.25) is 4.79 Å². The van der Waals surface area contributed by atoms with E-state index < -0.39 is 0 Å². The third kappa shape index (κ3) is 3.07. The summed E-state index contributed by atoms with van der Waals surface area (Å²) in [5.41, 5.74) is 1.19. The van der Waals surface area contributed by atoms with Crippen LogP contribution >= 0.6 is 0 Å². The fourth-order valence-corrected chi connectivity index (χ4v) is 2.39. The fraction of sp³-hybridized carbons (Fsp3) is 0.500. The maximum absolute atomic E-state index is 12.0. The van der Waals surface area contributed by atoms with Gasteiger partial charge in [-0.05, 0) is 24.8 Å². The van der Waals surface area contributed by atoms with Crippen LogP contribution in [-0.2, 0) is 11.2 Å². The minimum absolute atomic E-state index is 0.0540. The molecular weight excluding hydrogens is 214 g/mol. The van der Waals surface area contributed by atoms with Crippen LogP contribution < -0.4 is 0 Å². The molecule has 1 heterocycles. The topological polar surface area (TPSA) is 40.5 Å². The van der Waals surface area contributed by atoms with Crippen molar-refractivity contribution < 1.29 is 9.90 Å². The number of carbonyl (C=O) groups is 1. The average Bonchev–Trinajstić information content (AvgIpc) is 2.85. The normalized spacial score (nSPS) is 19.6. The van der Waals surface area contributed by atoms with Crippen LogP contribution in [0.5, 0.6) is 0 Å². The van der Waals surface area contributed by atoms with Crippen LogP contribution in [0.1, 0.15) is 24.8 Å². The van der Waals surface area contributed by atoms with Crippen LogP contribution in [0.25, 0.3) is 0 Å². The molecular formula is C14H19NO2. The van der Waals surface area contributed by atoms with Gasteiger partial charge in [0, 0.05) is 13.0 Å². The quantitative estimate of drug-likeness (QED) is 0.858. The van der Waals surface area contributed by atoms with Gasteiger partial charge < -0.3 is 10.0 Å². The molecule has 17 heavy (non-hydrogen) atoms. The molecule has 1 fully saturated rings. The highest BCUT2D eigenvalue weighted by atomic mass is 16.3. The first-order valence-electron chi connectivity index (χ1n) is 6.25. The van der Waals surface area contributed by atoms with Crippen LogP contribution in [0.15, 0.2) is 30.3 Å². The Morgan fingerprint density at radius 1 is 1.35 bits per heavy atom. The summed E-state index contributed by atoms with van der Waals surface area (Å²) in [6.45, 7) is 0.899. The maximum atomic E-state index is 12.0. The molecule has 1 unspecified atom stereocenters. The van der Waals surface area contributed by atoms with E-state index in [4.69, 9.17) is 0 Å². The summed E-state index contributed by atoms with van der Waals surface area (Å²) < 4.78 is 0. The van der Waals surface area contributed by atoms with Gasteiger partial charge in [-0.2, -0.15) is 0 Å². The van der Waals surface area contributed by atoms with E-state index in [0.717, 1.165) is 25.8 Å². The molecule has 1 saturated heterocycles. The Balaban J connectivity index is 1.85. The second-order valence-corrected chi connectivity index (χ2v) is 4.55. The van der Waals surface area contributed by atoms with Crippen molar-refractivity contribution in [2.45, 2.75) is 31.7 Å². The second-order valence-electron chi connectivity index (χ2n) is 4.55. The molecule has 1 aliphatic rings. The molecule has 1 amide bonds. The third-order valence-electron chi connectivity index (χ3n) is 3.38. The van der Waals surface area contributed by atoms with Gasteiger partial charge in [0.25, 0.3) is 0 Å². The van der Waals surface area contributed by atoms with Crippen LogP contribution in [0.3, 0.4) is 0 Å². The number of nitrogens with zero attached hydrogens (tertiary/aromatic N) is 1. The molecule has 0 saturated carbocycles. The number of carbonyl (C=O) groups excluding carboxylic acids is 1. The summed E-state index contributed by atoms with van der Waals surface area (Å²) in [4.78, 5) is 13.8. The molecule has 0 bridgehead atoms. The van der Waals surface area contributed by atoms with E-state index in [0.29, 0.717) is 6.42 Å². The van der Waals surface area contributed by atoms with Crippen molar-refractivity contribution in [1.29, 1.82) is 0 Å². The van der Waals surface area contributed by atoms with E-state index >= 15 is 0 Å². The Labute approximate surface area is 102 Å². The summed E-state index contributed by atoms with van der Waals surface area (Å²) in [6, 6.07) is 10.1. The van der Waals surface area contributed by atoms with Gasteiger partial charge in [-0.15, -0.1) is 0 Å². The molecule has 1 aromatic carbocycles. The molecule has 92 valence electrons. The van der Waals surface area contributed by atoms with E-state index in [1.54, 1.807) is 0 Å². The molecule has 0 aliphatic carbocycles. The minimum atomic E-state index is 0.0540. The lowest BCUT2D eigenvalue weighted by molar-refractivity contribution is -0.132. The number of aliphatic hydroxyl groups is 1. The molecule has 3 nitrogen and oxygen atoms in total. The highest BCUT2D eigenvalue weighted by Gasteiger charge is 2.27. The Hall–Kier alpha value is -1.35. The van der Waals surface area contributed by atoms with Gasteiger partial charge in [-0.1, -0.05) is 30.3 Å². The molecule has 0 spiro atoms. The van der Waals surface area contributed by atoms with Gasteiger partial charge in [-0.25, -0.2) is 0 Å². The minimum Gasteiger partial charge on any atom is -0.394 e. The van der Waals surface area contributed by atoms with E-state index in [9.17, 15) is 9.90 Å². The monoisotopic (exact) mass is 233 g/mol. The first-order chi connectivity index (χ1) is 8.31. The zero-order chi connectivity index (χ0) is 12.1. The lowest BCUT2D eigenvalue weighted by Gasteiger charge is -2.23. The van der Waals surface area contributed by atoms with Crippen molar-refractivity contribution in [3.63, 3.8) is 0 Å². The van der Waals surface area contributed by atoms with Gasteiger partial charge in [0.1, 0.15) is 0 Å². The summed E-state index contributed by atoms with van der Waals surface area (Å²) in [6.07, 6.45) is 3.28. The number of rotatable bonds is 4. The molecule has 1 aromatic rings. The first kappa shape index (κ1) is 12.1. The first-order valence-corrected chi connectivity index (χ1v) is 6.25. The number of hydrogen-bond acceptors (Lipinski definition) is 2. The van der Waals surface area contributed by atoms with Crippen molar-refractivity contribution in [2.75, 3.05) is 13.2 Å². The Bertz CT molecular complexity index is 364. The molecule has 1 N–H and O–H groups in total. The van der Waals surface area contributed by atoms with Crippen LogP contribution in [0.2, 0.25) is 0 Å². The lowest BCUT2D eigenvalue weighted by atomic mass is 10.1. The van der Waals surface area contributed by atoms with Gasteiger partial charge in [0.15, 0.2) is 0 Å². The largest absolute Gasteiger partial charge is 0.394 e. The number of amides is 1. The smallest absolute Gasteiger partial charge is 0.223 e. The standard InChI is InChI=1S/C14H19NO2/c16-11-13-7-4-10-15(13)14(17)9-8-12-5-2-1-3-6-12/h1-3,5-6,13,16H,4,7-11H2. The van der Waals surface area contributed by atoms with Crippen molar-refractivity contribution in [3.05, 3.63) is 35.9 Å². The predicted molar refractivity (Wildman–Crippen MR) is 66.6 cm³/mol. The molecule has 1 atom stereocenters. The Kier molecular flexibility index (Phi) is 4.15. The molecule has 3 heteroatoms. The number of aliphatic hydroxyl groups excluding tert-OH is 1. The van der Waals surface area contributed by atoms with Crippen molar-refractivity contribution >= 4 is 5.91 Å². The Morgan fingerprint density at radius 2 is 2.12 bits per heavy atom. The highest BCUT2D eigenvalue weighted by Crippen LogP contribution is 2.18. The maximum Gasteiger partial charge on any atom is 0.223 e. The summed E-state index contributed by atoms with van der Waals surface area (Å²) in [5, 5.41) is 9.18. The highest BCUT2D eigenvalue weighted by molar-refractivity contribution is 5.77. The number of benzene rings is 1. The SMILES string of the molecule is O=C(CCc1ccccc1)N1CCCC1CO. The summed E-state index contributed by atoms with van der Waals surface area (Å²) in [5.74, 6) is 0.172. The average molecular weight is 233 g/mol.